The summed E-state index contributed by atoms with van der Waals surface area (Å²) < 4.78 is 13.4. The molecule has 1 aromatic carbocycles. The van der Waals surface area contributed by atoms with Gasteiger partial charge in [-0.1, -0.05) is 12.1 Å². The van der Waals surface area contributed by atoms with E-state index in [1.165, 1.54) is 25.0 Å². The molecular formula is C19H25FN2O2. The molecule has 1 atom stereocenters. The first-order valence-electron chi connectivity index (χ1n) is 9.11. The quantitative estimate of drug-likeness (QED) is 0.893. The fourth-order valence-electron chi connectivity index (χ4n) is 4.19. The smallest absolute Gasteiger partial charge is 0.317 e. The molecule has 1 aromatic rings. The van der Waals surface area contributed by atoms with Crippen molar-refractivity contribution in [3.63, 3.8) is 0 Å². The van der Waals surface area contributed by atoms with Gasteiger partial charge >= 0.3 is 6.03 Å². The second-order valence-corrected chi connectivity index (χ2v) is 7.65. The van der Waals surface area contributed by atoms with Crippen LogP contribution in [0.3, 0.4) is 0 Å². The van der Waals surface area contributed by atoms with Crippen LogP contribution in [0.2, 0.25) is 0 Å². The van der Waals surface area contributed by atoms with E-state index in [1.54, 1.807) is 12.1 Å². The van der Waals surface area contributed by atoms with Crippen LogP contribution in [0.1, 0.15) is 50.5 Å². The van der Waals surface area contributed by atoms with Gasteiger partial charge in [0.2, 0.25) is 0 Å². The Labute approximate surface area is 142 Å². The van der Waals surface area contributed by atoms with Gasteiger partial charge in [0.15, 0.2) is 0 Å². The zero-order chi connectivity index (χ0) is 16.7. The number of benzene rings is 1. The lowest BCUT2D eigenvalue weighted by Gasteiger charge is -2.43. The van der Waals surface area contributed by atoms with Crippen molar-refractivity contribution in [2.75, 3.05) is 6.54 Å². The summed E-state index contributed by atoms with van der Waals surface area (Å²) >= 11 is 0. The fourth-order valence-corrected chi connectivity index (χ4v) is 4.19. The topological polar surface area (TPSA) is 52.6 Å². The van der Waals surface area contributed by atoms with Crippen molar-refractivity contribution in [1.29, 1.82) is 0 Å². The number of hydrogen-bond acceptors (Lipinski definition) is 2. The summed E-state index contributed by atoms with van der Waals surface area (Å²) in [5.41, 5.74) is -0.333. The summed E-state index contributed by atoms with van der Waals surface area (Å²) in [6.07, 6.45) is 6.21. The van der Waals surface area contributed by atoms with Gasteiger partial charge in [-0.15, -0.1) is 0 Å². The number of carbonyl (C=O) groups is 1. The zero-order valence-corrected chi connectivity index (χ0v) is 13.9. The van der Waals surface area contributed by atoms with Crippen molar-refractivity contribution in [2.24, 2.45) is 5.92 Å². The molecule has 1 heterocycles. The second kappa shape index (κ2) is 6.03. The molecule has 2 N–H and O–H groups in total. The Hall–Kier alpha value is -1.62. The predicted molar refractivity (Wildman–Crippen MR) is 88.9 cm³/mol. The highest BCUT2D eigenvalue weighted by Crippen LogP contribution is 2.41. The van der Waals surface area contributed by atoms with Gasteiger partial charge in [-0.05, 0) is 68.6 Å². The van der Waals surface area contributed by atoms with E-state index < -0.39 is 5.60 Å². The Morgan fingerprint density at radius 1 is 1.21 bits per heavy atom. The van der Waals surface area contributed by atoms with Gasteiger partial charge in [0.05, 0.1) is 5.60 Å². The third kappa shape index (κ3) is 3.02. The molecule has 4 nitrogen and oxygen atoms in total. The number of urea groups is 1. The average Bonchev–Trinajstić information content (AvgIpc) is 3.33. The van der Waals surface area contributed by atoms with E-state index in [0.29, 0.717) is 24.4 Å². The SMILES string of the molecule is O=C(NC1CCC(O)(c2cccc(F)c2)CC1)N1CCC1C1CC1. The Bertz CT molecular complexity index is 624. The number of amides is 2. The zero-order valence-electron chi connectivity index (χ0n) is 13.9. The van der Waals surface area contributed by atoms with E-state index in [2.05, 4.69) is 5.32 Å². The maximum Gasteiger partial charge on any atom is 0.317 e. The van der Waals surface area contributed by atoms with E-state index in [0.717, 1.165) is 31.7 Å². The number of aliphatic hydroxyl groups is 1. The van der Waals surface area contributed by atoms with Crippen molar-refractivity contribution in [3.05, 3.63) is 35.6 Å². The molecule has 5 heteroatoms. The highest BCUT2D eigenvalue weighted by Gasteiger charge is 2.43. The minimum Gasteiger partial charge on any atom is -0.385 e. The predicted octanol–water partition coefficient (Wildman–Crippen LogP) is 3.15. The molecule has 2 saturated carbocycles. The van der Waals surface area contributed by atoms with Crippen LogP contribution in [-0.2, 0) is 5.60 Å². The molecule has 3 aliphatic rings. The van der Waals surface area contributed by atoms with Gasteiger partial charge in [0.25, 0.3) is 0 Å². The minimum atomic E-state index is -0.976. The maximum atomic E-state index is 13.4. The summed E-state index contributed by atoms with van der Waals surface area (Å²) in [5, 5.41) is 14.0. The summed E-state index contributed by atoms with van der Waals surface area (Å²) in [6, 6.07) is 6.84. The first kappa shape index (κ1) is 15.9. The van der Waals surface area contributed by atoms with Gasteiger partial charge in [0.1, 0.15) is 5.82 Å². The Morgan fingerprint density at radius 3 is 2.54 bits per heavy atom. The molecule has 2 amide bonds. The second-order valence-electron chi connectivity index (χ2n) is 7.65. The molecular weight excluding hydrogens is 307 g/mol. The van der Waals surface area contributed by atoms with E-state index in [4.69, 9.17) is 0 Å². The number of nitrogens with zero attached hydrogens (tertiary/aromatic N) is 1. The summed E-state index contributed by atoms with van der Waals surface area (Å²) in [7, 11) is 0. The van der Waals surface area contributed by atoms with Crippen LogP contribution in [0.4, 0.5) is 9.18 Å². The molecule has 0 spiro atoms. The largest absolute Gasteiger partial charge is 0.385 e. The standard InChI is InChI=1S/C19H25FN2O2/c20-15-3-1-2-14(12-15)19(24)9-6-16(7-10-19)21-18(23)22-11-8-17(22)13-4-5-13/h1-3,12-13,16-17,24H,4-11H2,(H,21,23). The van der Waals surface area contributed by atoms with Gasteiger partial charge in [-0.3, -0.25) is 0 Å². The van der Waals surface area contributed by atoms with Gasteiger partial charge in [-0.25, -0.2) is 9.18 Å². The van der Waals surface area contributed by atoms with Gasteiger partial charge < -0.3 is 15.3 Å². The first-order chi connectivity index (χ1) is 11.5. The molecule has 0 aromatic heterocycles. The molecule has 4 rings (SSSR count). The molecule has 2 aliphatic carbocycles. The third-order valence-corrected chi connectivity index (χ3v) is 6.00. The van der Waals surface area contributed by atoms with Crippen molar-refractivity contribution in [2.45, 2.75) is 62.6 Å². The Morgan fingerprint density at radius 2 is 1.96 bits per heavy atom. The third-order valence-electron chi connectivity index (χ3n) is 6.00. The molecule has 3 fully saturated rings. The van der Waals surface area contributed by atoms with Crippen molar-refractivity contribution in [1.82, 2.24) is 10.2 Å². The lowest BCUT2D eigenvalue weighted by molar-refractivity contribution is -0.00874. The first-order valence-corrected chi connectivity index (χ1v) is 9.11. The number of halogens is 1. The average molecular weight is 332 g/mol. The molecule has 0 radical (unpaired) electrons. The number of nitrogens with one attached hydrogen (secondary N) is 1. The van der Waals surface area contributed by atoms with E-state index in [9.17, 15) is 14.3 Å². The molecule has 0 bridgehead atoms. The highest BCUT2D eigenvalue weighted by atomic mass is 19.1. The van der Waals surface area contributed by atoms with Crippen LogP contribution in [-0.4, -0.2) is 34.7 Å². The minimum absolute atomic E-state index is 0.0549. The lowest BCUT2D eigenvalue weighted by Crippen LogP contribution is -2.58. The lowest BCUT2D eigenvalue weighted by atomic mass is 9.77. The van der Waals surface area contributed by atoms with E-state index >= 15 is 0 Å². The summed E-state index contributed by atoms with van der Waals surface area (Å²) in [4.78, 5) is 14.4. The highest BCUT2D eigenvalue weighted by molar-refractivity contribution is 5.75. The van der Waals surface area contributed by atoms with Crippen LogP contribution in [0.5, 0.6) is 0 Å². The van der Waals surface area contributed by atoms with Crippen LogP contribution >= 0.6 is 0 Å². The normalized spacial score (nSPS) is 33.0. The number of carbonyl (C=O) groups excluding carboxylic acids is 1. The Kier molecular flexibility index (Phi) is 3.99. The Balaban J connectivity index is 1.32. The van der Waals surface area contributed by atoms with Crippen LogP contribution < -0.4 is 5.32 Å². The molecule has 1 unspecified atom stereocenters. The van der Waals surface area contributed by atoms with E-state index in [1.807, 2.05) is 4.90 Å². The molecule has 1 aliphatic heterocycles. The van der Waals surface area contributed by atoms with Crippen molar-refractivity contribution >= 4 is 6.03 Å². The van der Waals surface area contributed by atoms with E-state index in [-0.39, 0.29) is 17.9 Å². The number of rotatable bonds is 3. The molecule has 1 saturated heterocycles. The maximum absolute atomic E-state index is 13.4. The van der Waals surface area contributed by atoms with Crippen LogP contribution in [0, 0.1) is 11.7 Å². The van der Waals surface area contributed by atoms with Gasteiger partial charge in [-0.2, -0.15) is 0 Å². The van der Waals surface area contributed by atoms with Crippen molar-refractivity contribution in [3.8, 4) is 0 Å². The van der Waals surface area contributed by atoms with Gasteiger partial charge in [0, 0.05) is 18.6 Å². The number of likely N-dealkylation sites (tertiary alicyclic amines) is 1. The van der Waals surface area contributed by atoms with Crippen LogP contribution in [0.15, 0.2) is 24.3 Å². The monoisotopic (exact) mass is 332 g/mol. The molecule has 130 valence electrons. The number of hydrogen-bond donors (Lipinski definition) is 2. The van der Waals surface area contributed by atoms with Crippen LogP contribution in [0.25, 0.3) is 0 Å². The summed E-state index contributed by atoms with van der Waals surface area (Å²) in [5.74, 6) is 0.411. The summed E-state index contributed by atoms with van der Waals surface area (Å²) in [6.45, 7) is 0.868. The fraction of sp³-hybridized carbons (Fsp3) is 0.632. The van der Waals surface area contributed by atoms with Crippen molar-refractivity contribution < 1.29 is 14.3 Å². The molecule has 24 heavy (non-hydrogen) atoms.